The Morgan fingerprint density at radius 3 is 2.57 bits per heavy atom. The number of nitrogens with zero attached hydrogens (tertiary/aromatic N) is 2. The van der Waals surface area contributed by atoms with Crippen LogP contribution in [0.2, 0.25) is 0 Å². The number of rotatable bonds is 4. The molecule has 2 amide bonds. The number of hydrogen-bond donors (Lipinski definition) is 2. The number of aromatic nitrogens is 1. The van der Waals surface area contributed by atoms with Crippen LogP contribution in [0.4, 0.5) is 4.79 Å². The molecule has 1 aromatic heterocycles. The van der Waals surface area contributed by atoms with E-state index in [1.165, 1.54) is 0 Å². The van der Waals surface area contributed by atoms with Crippen LogP contribution in [-0.2, 0) is 12.0 Å². The fourth-order valence-corrected chi connectivity index (χ4v) is 3.85. The van der Waals surface area contributed by atoms with Crippen LogP contribution in [0.25, 0.3) is 0 Å². The Hall–Kier alpha value is -1.14. The van der Waals surface area contributed by atoms with Crippen LogP contribution < -0.4 is 5.32 Å². The van der Waals surface area contributed by atoms with E-state index in [9.17, 15) is 9.90 Å². The third-order valence-corrected chi connectivity index (χ3v) is 5.50. The first-order chi connectivity index (χ1) is 10.8. The molecule has 1 fully saturated rings. The van der Waals surface area contributed by atoms with Gasteiger partial charge in [0, 0.05) is 30.5 Å². The molecule has 0 spiro atoms. The summed E-state index contributed by atoms with van der Waals surface area (Å²) >= 11 is 1.60. The van der Waals surface area contributed by atoms with E-state index in [2.05, 4.69) is 36.5 Å². The second kappa shape index (κ2) is 7.62. The van der Waals surface area contributed by atoms with Gasteiger partial charge >= 0.3 is 6.03 Å². The van der Waals surface area contributed by atoms with E-state index in [0.717, 1.165) is 36.4 Å². The van der Waals surface area contributed by atoms with E-state index >= 15 is 0 Å². The van der Waals surface area contributed by atoms with E-state index in [-0.39, 0.29) is 24.1 Å². The standard InChI is InChI=1S/C17H29N3O2S/c1-17(2,3)14-11-23-15(19-14)9-18-16(22)20(4)13-7-5-12(10-21)6-8-13/h11-13,21H,5-10H2,1-4H3,(H,18,22). The number of amides is 2. The molecule has 130 valence electrons. The minimum absolute atomic E-state index is 0.0371. The Bertz CT molecular complexity index is 516. The first-order valence-electron chi connectivity index (χ1n) is 8.37. The molecule has 0 aliphatic heterocycles. The molecular weight excluding hydrogens is 310 g/mol. The summed E-state index contributed by atoms with van der Waals surface area (Å²) in [7, 11) is 1.86. The van der Waals surface area contributed by atoms with Gasteiger partial charge in [-0.05, 0) is 31.6 Å². The van der Waals surface area contributed by atoms with Gasteiger partial charge in [-0.3, -0.25) is 0 Å². The Balaban J connectivity index is 1.81. The monoisotopic (exact) mass is 339 g/mol. The van der Waals surface area contributed by atoms with Crippen LogP contribution in [-0.4, -0.2) is 40.7 Å². The fourth-order valence-electron chi connectivity index (χ4n) is 2.89. The Labute approximate surface area is 143 Å². The molecule has 0 unspecified atom stereocenters. The molecule has 1 heterocycles. The smallest absolute Gasteiger partial charge is 0.317 e. The number of hydrogen-bond acceptors (Lipinski definition) is 4. The summed E-state index contributed by atoms with van der Waals surface area (Å²) in [5.41, 5.74) is 1.11. The normalized spacial score (nSPS) is 22.0. The van der Waals surface area contributed by atoms with Gasteiger partial charge in [-0.15, -0.1) is 11.3 Å². The van der Waals surface area contributed by atoms with Crippen LogP contribution in [0.3, 0.4) is 0 Å². The van der Waals surface area contributed by atoms with Gasteiger partial charge in [0.1, 0.15) is 5.01 Å². The van der Waals surface area contributed by atoms with Gasteiger partial charge in [0.05, 0.1) is 12.2 Å². The topological polar surface area (TPSA) is 65.5 Å². The molecule has 0 bridgehead atoms. The van der Waals surface area contributed by atoms with E-state index in [1.54, 1.807) is 11.3 Å². The van der Waals surface area contributed by atoms with Crippen molar-refractivity contribution in [3.05, 3.63) is 16.1 Å². The zero-order valence-electron chi connectivity index (χ0n) is 14.6. The lowest BCUT2D eigenvalue weighted by atomic mass is 9.86. The maximum absolute atomic E-state index is 12.3. The van der Waals surface area contributed by atoms with Crippen molar-refractivity contribution in [2.45, 2.75) is 64.5 Å². The lowest BCUT2D eigenvalue weighted by Gasteiger charge is -2.34. The van der Waals surface area contributed by atoms with Gasteiger partial charge in [0.25, 0.3) is 0 Å². The number of urea groups is 1. The number of nitrogens with one attached hydrogen (secondary N) is 1. The molecule has 1 aromatic rings. The zero-order chi connectivity index (χ0) is 17.0. The molecule has 1 saturated carbocycles. The van der Waals surface area contributed by atoms with Gasteiger partial charge in [0.2, 0.25) is 0 Å². The molecule has 23 heavy (non-hydrogen) atoms. The first-order valence-corrected chi connectivity index (χ1v) is 9.25. The average Bonchev–Trinajstić information content (AvgIpc) is 3.01. The summed E-state index contributed by atoms with van der Waals surface area (Å²) in [6.07, 6.45) is 3.95. The van der Waals surface area contributed by atoms with Crippen LogP contribution in [0, 0.1) is 5.92 Å². The second-order valence-corrected chi connectivity index (χ2v) is 8.45. The first kappa shape index (κ1) is 18.2. The van der Waals surface area contributed by atoms with Crippen molar-refractivity contribution in [3.63, 3.8) is 0 Å². The van der Waals surface area contributed by atoms with E-state index in [4.69, 9.17) is 0 Å². The summed E-state index contributed by atoms with van der Waals surface area (Å²) in [5.74, 6) is 0.411. The van der Waals surface area contributed by atoms with Crippen LogP contribution in [0.15, 0.2) is 5.38 Å². The zero-order valence-corrected chi connectivity index (χ0v) is 15.4. The molecule has 2 N–H and O–H groups in total. The molecule has 1 aliphatic carbocycles. The summed E-state index contributed by atoms with van der Waals surface area (Å²) in [4.78, 5) is 18.7. The predicted molar refractivity (Wildman–Crippen MR) is 93.6 cm³/mol. The minimum Gasteiger partial charge on any atom is -0.396 e. The average molecular weight is 340 g/mol. The third-order valence-electron chi connectivity index (χ3n) is 4.65. The van der Waals surface area contributed by atoms with Crippen molar-refractivity contribution in [3.8, 4) is 0 Å². The largest absolute Gasteiger partial charge is 0.396 e. The van der Waals surface area contributed by atoms with Crippen LogP contribution >= 0.6 is 11.3 Å². The molecular formula is C17H29N3O2S. The number of carbonyl (C=O) groups excluding carboxylic acids is 1. The van der Waals surface area contributed by atoms with Crippen molar-refractivity contribution in [1.29, 1.82) is 0 Å². The number of aliphatic hydroxyl groups excluding tert-OH is 1. The fraction of sp³-hybridized carbons (Fsp3) is 0.765. The number of aliphatic hydroxyl groups is 1. The second-order valence-electron chi connectivity index (χ2n) is 7.50. The Morgan fingerprint density at radius 2 is 2.04 bits per heavy atom. The molecule has 0 saturated heterocycles. The SMILES string of the molecule is CN(C(=O)NCc1nc(C(C)(C)C)cs1)C1CCC(CO)CC1. The molecule has 2 rings (SSSR count). The Kier molecular flexibility index (Phi) is 6.03. The highest BCUT2D eigenvalue weighted by molar-refractivity contribution is 7.09. The summed E-state index contributed by atoms with van der Waals surface area (Å²) in [5, 5.41) is 15.2. The van der Waals surface area contributed by atoms with Crippen molar-refractivity contribution in [1.82, 2.24) is 15.2 Å². The van der Waals surface area contributed by atoms with Crippen molar-refractivity contribution in [2.24, 2.45) is 5.92 Å². The van der Waals surface area contributed by atoms with E-state index in [1.807, 2.05) is 11.9 Å². The summed E-state index contributed by atoms with van der Waals surface area (Å²) < 4.78 is 0. The van der Waals surface area contributed by atoms with Gasteiger partial charge in [-0.1, -0.05) is 20.8 Å². The summed E-state index contributed by atoms with van der Waals surface area (Å²) in [6, 6.07) is 0.240. The highest BCUT2D eigenvalue weighted by atomic mass is 32.1. The van der Waals surface area contributed by atoms with Crippen LogP contribution in [0.5, 0.6) is 0 Å². The lowest BCUT2D eigenvalue weighted by molar-refractivity contribution is 0.134. The predicted octanol–water partition coefficient (Wildman–Crippen LogP) is 3.13. The molecule has 0 radical (unpaired) electrons. The summed E-state index contributed by atoms with van der Waals surface area (Å²) in [6.45, 7) is 7.17. The molecule has 1 aliphatic rings. The van der Waals surface area contributed by atoms with Gasteiger partial charge in [-0.2, -0.15) is 0 Å². The van der Waals surface area contributed by atoms with Gasteiger partial charge < -0.3 is 15.3 Å². The highest BCUT2D eigenvalue weighted by Crippen LogP contribution is 2.27. The Morgan fingerprint density at radius 1 is 1.39 bits per heavy atom. The maximum atomic E-state index is 12.3. The lowest BCUT2D eigenvalue weighted by Crippen LogP contribution is -2.45. The van der Waals surface area contributed by atoms with E-state index < -0.39 is 0 Å². The maximum Gasteiger partial charge on any atom is 0.317 e. The number of thiazole rings is 1. The van der Waals surface area contributed by atoms with Gasteiger partial charge in [0.15, 0.2) is 0 Å². The third kappa shape index (κ3) is 4.91. The van der Waals surface area contributed by atoms with Gasteiger partial charge in [-0.25, -0.2) is 9.78 Å². The van der Waals surface area contributed by atoms with Crippen molar-refractivity contribution >= 4 is 17.4 Å². The van der Waals surface area contributed by atoms with E-state index in [0.29, 0.717) is 12.5 Å². The minimum atomic E-state index is -0.0371. The quantitative estimate of drug-likeness (QED) is 0.886. The van der Waals surface area contributed by atoms with Crippen molar-refractivity contribution < 1.29 is 9.90 Å². The number of carbonyl (C=O) groups is 1. The highest BCUT2D eigenvalue weighted by Gasteiger charge is 2.26. The molecule has 6 heteroatoms. The molecule has 5 nitrogen and oxygen atoms in total. The molecule has 0 aromatic carbocycles. The molecule has 0 atom stereocenters. The van der Waals surface area contributed by atoms with Crippen LogP contribution in [0.1, 0.15) is 57.2 Å². The van der Waals surface area contributed by atoms with Crippen molar-refractivity contribution in [2.75, 3.05) is 13.7 Å².